The number of rotatable bonds is 4. The largest absolute Gasteiger partial charge is 0.316 e. The molecule has 3 nitrogen and oxygen atoms in total. The molecule has 1 aliphatic rings. The van der Waals surface area contributed by atoms with Gasteiger partial charge in [0, 0.05) is 23.1 Å². The van der Waals surface area contributed by atoms with Crippen LogP contribution in [0.25, 0.3) is 5.69 Å². The van der Waals surface area contributed by atoms with Crippen LogP contribution in [0.1, 0.15) is 30.0 Å². The fraction of sp³-hybridized carbons (Fsp3) is 0.357. The summed E-state index contributed by atoms with van der Waals surface area (Å²) in [4.78, 5) is 0. The van der Waals surface area contributed by atoms with E-state index in [4.69, 9.17) is 0 Å². The van der Waals surface area contributed by atoms with Gasteiger partial charge in [-0.25, -0.2) is 4.68 Å². The third-order valence-corrected chi connectivity index (χ3v) is 3.75. The first-order valence-electron chi connectivity index (χ1n) is 6.27. The summed E-state index contributed by atoms with van der Waals surface area (Å²) < 4.78 is 3.10. The molecule has 1 fully saturated rings. The number of hydrogen-bond donors (Lipinski definition) is 1. The second-order valence-corrected chi connectivity index (χ2v) is 5.68. The minimum absolute atomic E-state index is 0.703. The van der Waals surface area contributed by atoms with Crippen molar-refractivity contribution in [3.05, 3.63) is 46.2 Å². The summed E-state index contributed by atoms with van der Waals surface area (Å²) in [7, 11) is 1.96. The molecule has 0 bridgehead atoms. The van der Waals surface area contributed by atoms with E-state index in [1.807, 2.05) is 11.7 Å². The normalized spacial score (nSPS) is 15.0. The first-order valence-corrected chi connectivity index (χ1v) is 7.06. The van der Waals surface area contributed by atoms with Crippen LogP contribution in [0.4, 0.5) is 0 Å². The second kappa shape index (κ2) is 4.86. The highest BCUT2D eigenvalue weighted by atomic mass is 79.9. The second-order valence-electron chi connectivity index (χ2n) is 4.76. The number of benzene rings is 1. The van der Waals surface area contributed by atoms with Gasteiger partial charge in [-0.2, -0.15) is 5.10 Å². The first kappa shape index (κ1) is 11.9. The standard InChI is InChI=1S/C14H16BrN3/c1-16-9-11-8-12(15)4-5-14(11)18-7-6-13(17-18)10-2-3-10/h4-8,10,16H,2-3,9H2,1H3. The van der Waals surface area contributed by atoms with Gasteiger partial charge >= 0.3 is 0 Å². The van der Waals surface area contributed by atoms with Gasteiger partial charge in [0.25, 0.3) is 0 Å². The number of halogens is 1. The lowest BCUT2D eigenvalue weighted by Crippen LogP contribution is -2.09. The molecule has 0 atom stereocenters. The molecule has 1 aromatic carbocycles. The molecule has 1 heterocycles. The summed E-state index contributed by atoms with van der Waals surface area (Å²) in [6.45, 7) is 0.841. The topological polar surface area (TPSA) is 29.9 Å². The van der Waals surface area contributed by atoms with Gasteiger partial charge < -0.3 is 5.32 Å². The van der Waals surface area contributed by atoms with Gasteiger partial charge in [0.1, 0.15) is 0 Å². The fourth-order valence-electron chi connectivity index (χ4n) is 2.18. The van der Waals surface area contributed by atoms with Gasteiger partial charge in [0.2, 0.25) is 0 Å². The van der Waals surface area contributed by atoms with Crippen LogP contribution in [-0.4, -0.2) is 16.8 Å². The van der Waals surface area contributed by atoms with E-state index < -0.39 is 0 Å². The van der Waals surface area contributed by atoms with Crippen LogP contribution in [0.3, 0.4) is 0 Å². The first-order chi connectivity index (χ1) is 8.78. The van der Waals surface area contributed by atoms with Crippen LogP contribution < -0.4 is 5.32 Å². The monoisotopic (exact) mass is 305 g/mol. The van der Waals surface area contributed by atoms with Gasteiger partial charge in [0.05, 0.1) is 11.4 Å². The van der Waals surface area contributed by atoms with Crippen molar-refractivity contribution in [2.45, 2.75) is 25.3 Å². The summed E-state index contributed by atoms with van der Waals surface area (Å²) in [6, 6.07) is 8.46. The Hall–Kier alpha value is -1.13. The maximum atomic E-state index is 4.69. The van der Waals surface area contributed by atoms with Crippen LogP contribution in [0, 0.1) is 0 Å². The Morgan fingerprint density at radius 1 is 1.39 bits per heavy atom. The smallest absolute Gasteiger partial charge is 0.0691 e. The molecule has 1 N–H and O–H groups in total. The minimum Gasteiger partial charge on any atom is -0.316 e. The van der Waals surface area contributed by atoms with E-state index in [1.165, 1.54) is 24.1 Å². The molecule has 0 unspecified atom stereocenters. The lowest BCUT2D eigenvalue weighted by atomic mass is 10.2. The molecule has 1 aromatic heterocycles. The maximum absolute atomic E-state index is 4.69. The Morgan fingerprint density at radius 3 is 2.94 bits per heavy atom. The highest BCUT2D eigenvalue weighted by molar-refractivity contribution is 9.10. The molecule has 3 rings (SSSR count). The molecule has 0 saturated heterocycles. The zero-order valence-corrected chi connectivity index (χ0v) is 11.9. The highest BCUT2D eigenvalue weighted by Gasteiger charge is 2.26. The van der Waals surface area contributed by atoms with Gasteiger partial charge in [-0.05, 0) is 49.7 Å². The Labute approximate surface area is 115 Å². The molecular weight excluding hydrogens is 290 g/mol. The van der Waals surface area contributed by atoms with Crippen molar-refractivity contribution in [2.75, 3.05) is 7.05 Å². The number of aromatic nitrogens is 2. The number of nitrogens with one attached hydrogen (secondary N) is 1. The molecule has 0 aliphatic heterocycles. The molecule has 1 saturated carbocycles. The zero-order chi connectivity index (χ0) is 12.5. The summed E-state index contributed by atoms with van der Waals surface area (Å²) in [6.07, 6.45) is 4.65. The zero-order valence-electron chi connectivity index (χ0n) is 10.4. The molecule has 4 heteroatoms. The lowest BCUT2D eigenvalue weighted by Gasteiger charge is -2.09. The van der Waals surface area contributed by atoms with Crippen molar-refractivity contribution >= 4 is 15.9 Å². The van der Waals surface area contributed by atoms with Crippen LogP contribution in [0.15, 0.2) is 34.9 Å². The molecular formula is C14H16BrN3. The van der Waals surface area contributed by atoms with E-state index in [-0.39, 0.29) is 0 Å². The van der Waals surface area contributed by atoms with Gasteiger partial charge in [-0.3, -0.25) is 0 Å². The van der Waals surface area contributed by atoms with E-state index in [0.717, 1.165) is 16.7 Å². The summed E-state index contributed by atoms with van der Waals surface area (Å²) in [5.41, 5.74) is 3.63. The van der Waals surface area contributed by atoms with Crippen LogP contribution in [0.2, 0.25) is 0 Å². The van der Waals surface area contributed by atoms with Crippen LogP contribution in [-0.2, 0) is 6.54 Å². The van der Waals surface area contributed by atoms with E-state index in [0.29, 0.717) is 5.92 Å². The van der Waals surface area contributed by atoms with Crippen LogP contribution >= 0.6 is 15.9 Å². The minimum atomic E-state index is 0.703. The quantitative estimate of drug-likeness (QED) is 0.940. The predicted octanol–water partition coefficient (Wildman–Crippen LogP) is 3.23. The SMILES string of the molecule is CNCc1cc(Br)ccc1-n1ccc(C2CC2)n1. The Kier molecular flexibility index (Phi) is 3.22. The van der Waals surface area contributed by atoms with Gasteiger partial charge in [-0.1, -0.05) is 15.9 Å². The van der Waals surface area contributed by atoms with E-state index in [1.54, 1.807) is 0 Å². The summed E-state index contributed by atoms with van der Waals surface area (Å²) in [5.74, 6) is 0.703. The molecule has 18 heavy (non-hydrogen) atoms. The van der Waals surface area contributed by atoms with Crippen molar-refractivity contribution in [1.29, 1.82) is 0 Å². The van der Waals surface area contributed by atoms with Crippen molar-refractivity contribution in [2.24, 2.45) is 0 Å². The Bertz CT molecular complexity index is 558. The molecule has 0 amide bonds. The highest BCUT2D eigenvalue weighted by Crippen LogP contribution is 2.39. The average Bonchev–Trinajstić information content (AvgIpc) is 3.09. The third-order valence-electron chi connectivity index (χ3n) is 3.26. The molecule has 0 spiro atoms. The summed E-state index contributed by atoms with van der Waals surface area (Å²) >= 11 is 3.52. The van der Waals surface area contributed by atoms with E-state index in [9.17, 15) is 0 Å². The number of nitrogens with zero attached hydrogens (tertiary/aromatic N) is 2. The fourth-order valence-corrected chi connectivity index (χ4v) is 2.59. The van der Waals surface area contributed by atoms with Crippen LogP contribution in [0.5, 0.6) is 0 Å². The van der Waals surface area contributed by atoms with E-state index >= 15 is 0 Å². The Balaban J connectivity index is 1.97. The molecule has 2 aromatic rings. The van der Waals surface area contributed by atoms with Crippen molar-refractivity contribution in [1.82, 2.24) is 15.1 Å². The van der Waals surface area contributed by atoms with Crippen molar-refractivity contribution in [3.8, 4) is 5.69 Å². The van der Waals surface area contributed by atoms with Crippen molar-refractivity contribution in [3.63, 3.8) is 0 Å². The van der Waals surface area contributed by atoms with Gasteiger partial charge in [0.15, 0.2) is 0 Å². The predicted molar refractivity (Wildman–Crippen MR) is 76.0 cm³/mol. The molecule has 1 aliphatic carbocycles. The molecule has 0 radical (unpaired) electrons. The average molecular weight is 306 g/mol. The molecule has 94 valence electrons. The summed E-state index contributed by atoms with van der Waals surface area (Å²) in [5, 5.41) is 7.89. The van der Waals surface area contributed by atoms with Gasteiger partial charge in [-0.15, -0.1) is 0 Å². The van der Waals surface area contributed by atoms with Crippen molar-refractivity contribution < 1.29 is 0 Å². The maximum Gasteiger partial charge on any atom is 0.0691 e. The lowest BCUT2D eigenvalue weighted by molar-refractivity contribution is 0.779. The Morgan fingerprint density at radius 2 is 2.22 bits per heavy atom. The van der Waals surface area contributed by atoms with E-state index in [2.05, 4.69) is 56.8 Å². The third kappa shape index (κ3) is 2.35. The number of hydrogen-bond acceptors (Lipinski definition) is 2.